The molecule has 1 N–H and O–H groups in total. The minimum Gasteiger partial charge on any atom is -0.466 e. The summed E-state index contributed by atoms with van der Waals surface area (Å²) in [5.41, 5.74) is 0.628. The molecule has 2 aromatic rings. The van der Waals surface area contributed by atoms with Gasteiger partial charge in [0.15, 0.2) is 0 Å². The van der Waals surface area contributed by atoms with Crippen LogP contribution < -0.4 is 0 Å². The van der Waals surface area contributed by atoms with Gasteiger partial charge >= 0.3 is 5.97 Å². The van der Waals surface area contributed by atoms with E-state index >= 15 is 0 Å². The van der Waals surface area contributed by atoms with Crippen LogP contribution >= 0.6 is 15.9 Å². The Morgan fingerprint density at radius 2 is 1.85 bits per heavy atom. The first-order valence-corrected chi connectivity index (χ1v) is 14.7. The average molecular weight is 612 g/mol. The molecule has 8 nitrogen and oxygen atoms in total. The largest absolute Gasteiger partial charge is 0.466 e. The molecule has 3 fully saturated rings. The lowest BCUT2D eigenvalue weighted by atomic mass is 9.70. The van der Waals surface area contributed by atoms with E-state index in [1.165, 1.54) is 4.90 Å². The number of benzene rings is 2. The number of alkyl halides is 1. The first kappa shape index (κ1) is 28.5. The number of esters is 1. The van der Waals surface area contributed by atoms with Crippen molar-refractivity contribution in [2.24, 2.45) is 11.8 Å². The Labute approximate surface area is 243 Å². The number of hydrogen-bond donors (Lipinski definition) is 1. The van der Waals surface area contributed by atoms with Crippen LogP contribution in [0.1, 0.15) is 24.5 Å². The quantitative estimate of drug-likeness (QED) is 0.239. The van der Waals surface area contributed by atoms with Crippen molar-refractivity contribution in [1.29, 1.82) is 0 Å². The summed E-state index contributed by atoms with van der Waals surface area (Å²) in [5.74, 6) is -2.88. The van der Waals surface area contributed by atoms with E-state index in [4.69, 9.17) is 9.47 Å². The number of rotatable bonds is 11. The molecule has 212 valence electrons. The van der Waals surface area contributed by atoms with Crippen molar-refractivity contribution in [3.05, 3.63) is 84.4 Å². The summed E-state index contributed by atoms with van der Waals surface area (Å²) in [5, 5.41) is 10.6. The molecule has 3 unspecified atom stereocenters. The second kappa shape index (κ2) is 11.8. The van der Waals surface area contributed by atoms with Gasteiger partial charge in [-0.3, -0.25) is 14.4 Å². The van der Waals surface area contributed by atoms with Gasteiger partial charge < -0.3 is 24.4 Å². The van der Waals surface area contributed by atoms with Gasteiger partial charge in [-0.25, -0.2) is 0 Å². The molecule has 0 radical (unpaired) electrons. The maximum Gasteiger partial charge on any atom is 0.312 e. The fourth-order valence-corrected chi connectivity index (χ4v) is 7.69. The van der Waals surface area contributed by atoms with Crippen LogP contribution in [0, 0.1) is 11.8 Å². The lowest BCUT2D eigenvalue weighted by Crippen LogP contribution is -2.59. The van der Waals surface area contributed by atoms with Crippen LogP contribution in [0.15, 0.2) is 73.3 Å². The van der Waals surface area contributed by atoms with E-state index in [9.17, 15) is 19.5 Å². The lowest BCUT2D eigenvalue weighted by Gasteiger charge is -2.39. The van der Waals surface area contributed by atoms with Crippen molar-refractivity contribution in [3.63, 3.8) is 0 Å². The van der Waals surface area contributed by atoms with Gasteiger partial charge in [0.05, 0.1) is 37.2 Å². The average Bonchev–Trinajstić information content (AvgIpc) is 3.56. The Balaban J connectivity index is 1.58. The van der Waals surface area contributed by atoms with Gasteiger partial charge in [0, 0.05) is 17.9 Å². The van der Waals surface area contributed by atoms with Gasteiger partial charge in [-0.1, -0.05) is 82.7 Å². The highest BCUT2D eigenvalue weighted by Gasteiger charge is 2.77. The molecular weight excluding hydrogens is 576 g/mol. The molecule has 3 aliphatic heterocycles. The fourth-order valence-electron chi connectivity index (χ4n) is 6.75. The summed E-state index contributed by atoms with van der Waals surface area (Å²) >= 11 is 3.68. The molecule has 2 bridgehead atoms. The molecule has 2 amide bonds. The smallest absolute Gasteiger partial charge is 0.312 e. The van der Waals surface area contributed by atoms with Crippen molar-refractivity contribution in [2.45, 2.75) is 54.9 Å². The molecule has 3 aliphatic rings. The molecule has 3 heterocycles. The van der Waals surface area contributed by atoms with Gasteiger partial charge in [0.1, 0.15) is 11.6 Å². The van der Waals surface area contributed by atoms with Crippen molar-refractivity contribution < 1.29 is 29.0 Å². The van der Waals surface area contributed by atoms with Gasteiger partial charge in [-0.05, 0) is 30.9 Å². The lowest BCUT2D eigenvalue weighted by molar-refractivity contribution is -0.156. The normalized spacial score (nSPS) is 29.2. The summed E-state index contributed by atoms with van der Waals surface area (Å²) in [4.78, 5) is 45.1. The molecule has 40 heavy (non-hydrogen) atoms. The third kappa shape index (κ3) is 4.88. The van der Waals surface area contributed by atoms with Crippen molar-refractivity contribution in [2.75, 3.05) is 19.8 Å². The molecule has 0 aromatic heterocycles. The fraction of sp³-hybridized carbons (Fsp3) is 0.452. The summed E-state index contributed by atoms with van der Waals surface area (Å²) in [6.07, 6.45) is 1.80. The number of aliphatic hydroxyl groups is 1. The Morgan fingerprint density at radius 1 is 1.20 bits per heavy atom. The molecular formula is C31H35BrN2O6. The number of carbonyl (C=O) groups excluding carboxylic acids is 3. The summed E-state index contributed by atoms with van der Waals surface area (Å²) in [7, 11) is 0. The molecule has 2 aromatic carbocycles. The number of ether oxygens (including phenoxy) is 2. The van der Waals surface area contributed by atoms with E-state index in [0.717, 1.165) is 11.1 Å². The van der Waals surface area contributed by atoms with Gasteiger partial charge in [-0.15, -0.1) is 6.58 Å². The van der Waals surface area contributed by atoms with E-state index in [1.54, 1.807) is 17.9 Å². The van der Waals surface area contributed by atoms with E-state index in [1.807, 2.05) is 60.7 Å². The standard InChI is InChI=1S/C31H35BrN2O6/c1-3-15-33(18-21-13-9-6-10-14-21)29(37)27-31-17-23(32)26(40-31)24(30(38)39-4-2)25(31)28(36)34(27)22(19-35)16-20-11-7-5-8-12-20/h3,5-14,22-27,35H,1,4,15-19H2,2H3/t22-,23?,24-,25+,26-,27?,31?/m1/s1. The van der Waals surface area contributed by atoms with Crippen molar-refractivity contribution in [3.8, 4) is 0 Å². The molecule has 9 heteroatoms. The summed E-state index contributed by atoms with van der Waals surface area (Å²) in [6, 6.07) is 17.4. The van der Waals surface area contributed by atoms with Crippen LogP contribution in [-0.4, -0.2) is 81.1 Å². The summed E-state index contributed by atoms with van der Waals surface area (Å²) < 4.78 is 12.0. The van der Waals surface area contributed by atoms with Gasteiger partial charge in [0.2, 0.25) is 11.8 Å². The van der Waals surface area contributed by atoms with Gasteiger partial charge in [-0.2, -0.15) is 0 Å². The van der Waals surface area contributed by atoms with Crippen LogP contribution in [0.25, 0.3) is 0 Å². The minimum absolute atomic E-state index is 0.173. The minimum atomic E-state index is -1.23. The molecule has 7 atom stereocenters. The zero-order valence-electron chi connectivity index (χ0n) is 22.5. The Morgan fingerprint density at radius 3 is 2.45 bits per heavy atom. The molecule has 0 aliphatic carbocycles. The third-order valence-electron chi connectivity index (χ3n) is 8.32. The Hall–Kier alpha value is -3.01. The monoisotopic (exact) mass is 610 g/mol. The first-order valence-electron chi connectivity index (χ1n) is 13.7. The highest BCUT2D eigenvalue weighted by molar-refractivity contribution is 9.09. The van der Waals surface area contributed by atoms with E-state index in [2.05, 4.69) is 22.5 Å². The maximum atomic E-state index is 14.6. The zero-order valence-corrected chi connectivity index (χ0v) is 24.1. The van der Waals surface area contributed by atoms with E-state index < -0.39 is 41.6 Å². The first-order chi connectivity index (χ1) is 19.4. The molecule has 5 rings (SSSR count). The number of amides is 2. The van der Waals surface area contributed by atoms with Crippen LogP contribution in [0.2, 0.25) is 0 Å². The third-order valence-corrected chi connectivity index (χ3v) is 9.16. The van der Waals surface area contributed by atoms with Crippen LogP contribution in [0.3, 0.4) is 0 Å². The second-order valence-corrected chi connectivity index (χ2v) is 11.9. The maximum absolute atomic E-state index is 14.6. The van der Waals surface area contributed by atoms with E-state index in [0.29, 0.717) is 19.4 Å². The number of halogens is 1. The number of likely N-dealkylation sites (tertiary alicyclic amines) is 1. The summed E-state index contributed by atoms with van der Waals surface area (Å²) in [6.45, 7) is 5.98. The highest BCUT2D eigenvalue weighted by Crippen LogP contribution is 2.60. The highest BCUT2D eigenvalue weighted by atomic mass is 79.9. The Kier molecular flexibility index (Phi) is 8.44. The zero-order chi connectivity index (χ0) is 28.4. The number of hydrogen-bond acceptors (Lipinski definition) is 6. The van der Waals surface area contributed by atoms with Crippen molar-refractivity contribution >= 4 is 33.7 Å². The molecule has 1 spiro atoms. The number of aliphatic hydroxyl groups excluding tert-OH is 1. The van der Waals surface area contributed by atoms with Crippen molar-refractivity contribution in [1.82, 2.24) is 9.80 Å². The molecule has 0 saturated carbocycles. The number of carbonyl (C=O) groups is 3. The molecule has 3 saturated heterocycles. The van der Waals surface area contributed by atoms with Crippen LogP contribution in [0.4, 0.5) is 0 Å². The van der Waals surface area contributed by atoms with E-state index in [-0.39, 0.29) is 36.4 Å². The van der Waals surface area contributed by atoms with Crippen LogP contribution in [0.5, 0.6) is 0 Å². The number of fused-ring (bicyclic) bond motifs is 1. The Bertz CT molecular complexity index is 1240. The predicted octanol–water partition coefficient (Wildman–Crippen LogP) is 3.12. The van der Waals surface area contributed by atoms with Gasteiger partial charge in [0.25, 0.3) is 0 Å². The van der Waals surface area contributed by atoms with Crippen LogP contribution in [-0.2, 0) is 36.8 Å². The number of nitrogens with zero attached hydrogens (tertiary/aromatic N) is 2. The predicted molar refractivity (Wildman–Crippen MR) is 152 cm³/mol. The topological polar surface area (TPSA) is 96.4 Å². The second-order valence-electron chi connectivity index (χ2n) is 10.7. The SMILES string of the molecule is C=CCN(Cc1ccccc1)C(=O)C1N([C@@H](CO)Cc2ccccc2)C(=O)[C@@H]2[C@@H](C(=O)OCC)[C@@H]3OC12CC3Br.